The van der Waals surface area contributed by atoms with E-state index in [4.69, 9.17) is 4.74 Å². The Morgan fingerprint density at radius 3 is 2.67 bits per heavy atom. The molecule has 1 saturated carbocycles. The summed E-state index contributed by atoms with van der Waals surface area (Å²) >= 11 is 0. The third-order valence-corrected chi connectivity index (χ3v) is 6.01. The van der Waals surface area contributed by atoms with Gasteiger partial charge >= 0.3 is 0 Å². The highest BCUT2D eigenvalue weighted by Gasteiger charge is 2.49. The molecule has 4 rings (SSSR count). The molecule has 2 fully saturated rings. The second kappa shape index (κ2) is 9.96. The lowest BCUT2D eigenvalue weighted by Crippen LogP contribution is -2.44. The lowest BCUT2D eigenvalue weighted by molar-refractivity contribution is -0.128. The number of amides is 2. The average molecular weight is 430 g/mol. The summed E-state index contributed by atoms with van der Waals surface area (Å²) in [6, 6.07) is 16.5. The third-order valence-electron chi connectivity index (χ3n) is 6.01. The summed E-state index contributed by atoms with van der Waals surface area (Å²) < 4.78 is 5.62. The van der Waals surface area contributed by atoms with Gasteiger partial charge in [-0.25, -0.2) is 0 Å². The Bertz CT molecular complexity index is 877. The Kier molecular flexibility index (Phi) is 7.34. The molecular formula is C23H28ClN3O3. The third kappa shape index (κ3) is 4.94. The van der Waals surface area contributed by atoms with Gasteiger partial charge in [-0.1, -0.05) is 37.1 Å². The molecule has 0 bridgehead atoms. The predicted octanol–water partition coefficient (Wildman–Crippen LogP) is 3.84. The van der Waals surface area contributed by atoms with Crippen molar-refractivity contribution in [2.45, 2.75) is 25.7 Å². The first-order valence-corrected chi connectivity index (χ1v) is 10.3. The number of para-hydroxylation sites is 1. The lowest BCUT2D eigenvalue weighted by atomic mass is 9.67. The summed E-state index contributed by atoms with van der Waals surface area (Å²) in [5.74, 6) is 0.823. The van der Waals surface area contributed by atoms with Crippen LogP contribution in [-0.4, -0.2) is 31.5 Å². The van der Waals surface area contributed by atoms with Crippen molar-refractivity contribution in [3.05, 3.63) is 54.6 Å². The Balaban J connectivity index is 0.00000256. The molecule has 1 aliphatic carbocycles. The molecule has 2 aliphatic rings. The van der Waals surface area contributed by atoms with E-state index < -0.39 is 0 Å². The van der Waals surface area contributed by atoms with E-state index in [0.717, 1.165) is 38.0 Å². The van der Waals surface area contributed by atoms with E-state index in [9.17, 15) is 9.59 Å². The molecular weight excluding hydrogens is 402 g/mol. The zero-order valence-corrected chi connectivity index (χ0v) is 17.7. The van der Waals surface area contributed by atoms with Crippen LogP contribution in [0, 0.1) is 11.3 Å². The van der Waals surface area contributed by atoms with Crippen molar-refractivity contribution in [1.29, 1.82) is 0 Å². The number of hydrogen-bond donors (Lipinski definition) is 3. The van der Waals surface area contributed by atoms with Crippen LogP contribution in [0.2, 0.25) is 0 Å². The number of halogens is 1. The van der Waals surface area contributed by atoms with Gasteiger partial charge in [0.1, 0.15) is 5.75 Å². The number of nitrogens with one attached hydrogen (secondary N) is 3. The summed E-state index contributed by atoms with van der Waals surface area (Å²) in [5, 5.41) is 9.27. The van der Waals surface area contributed by atoms with Gasteiger partial charge in [-0.3, -0.25) is 9.59 Å². The molecule has 1 heterocycles. The largest absolute Gasteiger partial charge is 0.484 e. The number of rotatable bonds is 6. The topological polar surface area (TPSA) is 79.5 Å². The van der Waals surface area contributed by atoms with E-state index in [1.54, 1.807) is 12.1 Å². The van der Waals surface area contributed by atoms with Crippen molar-refractivity contribution >= 4 is 35.6 Å². The van der Waals surface area contributed by atoms with Crippen LogP contribution >= 0.6 is 12.4 Å². The second-order valence-corrected chi connectivity index (χ2v) is 7.91. The minimum Gasteiger partial charge on any atom is -0.484 e. The summed E-state index contributed by atoms with van der Waals surface area (Å²) in [4.78, 5) is 25.2. The minimum absolute atomic E-state index is 0. The number of carbonyl (C=O) groups is 2. The van der Waals surface area contributed by atoms with E-state index in [2.05, 4.69) is 16.0 Å². The molecule has 0 unspecified atom stereocenters. The predicted molar refractivity (Wildman–Crippen MR) is 120 cm³/mol. The monoisotopic (exact) mass is 429 g/mol. The van der Waals surface area contributed by atoms with E-state index in [1.165, 1.54) is 6.42 Å². The van der Waals surface area contributed by atoms with Gasteiger partial charge in [0.25, 0.3) is 5.91 Å². The molecule has 0 spiro atoms. The highest BCUT2D eigenvalue weighted by atomic mass is 35.5. The van der Waals surface area contributed by atoms with Crippen molar-refractivity contribution in [3.8, 4) is 5.75 Å². The Morgan fingerprint density at radius 2 is 1.83 bits per heavy atom. The Morgan fingerprint density at radius 1 is 1.03 bits per heavy atom. The summed E-state index contributed by atoms with van der Waals surface area (Å²) in [7, 11) is 0. The van der Waals surface area contributed by atoms with Crippen LogP contribution in [0.4, 0.5) is 11.4 Å². The number of benzene rings is 2. The van der Waals surface area contributed by atoms with Gasteiger partial charge in [-0.15, -0.1) is 12.4 Å². The second-order valence-electron chi connectivity index (χ2n) is 7.91. The van der Waals surface area contributed by atoms with Crippen LogP contribution in [0.5, 0.6) is 5.75 Å². The van der Waals surface area contributed by atoms with Crippen molar-refractivity contribution in [1.82, 2.24) is 5.32 Å². The quantitative estimate of drug-likeness (QED) is 0.651. The van der Waals surface area contributed by atoms with E-state index in [1.807, 2.05) is 42.5 Å². The zero-order valence-electron chi connectivity index (χ0n) is 16.9. The van der Waals surface area contributed by atoms with Crippen LogP contribution in [0.25, 0.3) is 0 Å². The first kappa shape index (κ1) is 22.1. The number of hydrogen-bond acceptors (Lipinski definition) is 4. The van der Waals surface area contributed by atoms with Gasteiger partial charge in [0.05, 0.1) is 5.41 Å². The number of ether oxygens (including phenoxy) is 1. The maximum absolute atomic E-state index is 13.1. The van der Waals surface area contributed by atoms with Crippen molar-refractivity contribution in [3.63, 3.8) is 0 Å². The molecule has 2 atom stereocenters. The minimum atomic E-state index is -0.301. The maximum atomic E-state index is 13.1. The van der Waals surface area contributed by atoms with Gasteiger partial charge in [0.15, 0.2) is 6.61 Å². The Hall–Kier alpha value is -2.57. The number of fused-ring (bicyclic) bond motifs is 1. The molecule has 0 aromatic heterocycles. The van der Waals surface area contributed by atoms with Crippen LogP contribution in [-0.2, 0) is 9.59 Å². The number of anilines is 2. The molecule has 0 radical (unpaired) electrons. The van der Waals surface area contributed by atoms with E-state index in [-0.39, 0.29) is 36.2 Å². The van der Waals surface area contributed by atoms with Gasteiger partial charge in [0.2, 0.25) is 5.91 Å². The number of carbonyl (C=O) groups excluding carboxylic acids is 2. The van der Waals surface area contributed by atoms with Crippen molar-refractivity contribution in [2.24, 2.45) is 11.3 Å². The molecule has 1 aliphatic heterocycles. The summed E-state index contributed by atoms with van der Waals surface area (Å²) in [5.41, 5.74) is 1.13. The van der Waals surface area contributed by atoms with Crippen molar-refractivity contribution < 1.29 is 14.3 Å². The fraction of sp³-hybridized carbons (Fsp3) is 0.391. The molecule has 1 saturated heterocycles. The molecule has 3 N–H and O–H groups in total. The zero-order chi connectivity index (χ0) is 20.1. The van der Waals surface area contributed by atoms with Crippen LogP contribution in [0.15, 0.2) is 54.6 Å². The molecule has 30 heavy (non-hydrogen) atoms. The van der Waals surface area contributed by atoms with Gasteiger partial charge in [0, 0.05) is 24.0 Å². The molecule has 2 amide bonds. The highest BCUT2D eigenvalue weighted by Crippen LogP contribution is 2.44. The summed E-state index contributed by atoms with van der Waals surface area (Å²) in [6.07, 6.45) is 4.35. The SMILES string of the molecule is Cl.O=C(COc1cccc(NC(=O)[C@@]23CCCC[C@H]2CNC3)c1)Nc1ccccc1. The average Bonchev–Trinajstić information content (AvgIpc) is 3.19. The normalized spacial score (nSPS) is 22.3. The van der Waals surface area contributed by atoms with E-state index >= 15 is 0 Å². The van der Waals surface area contributed by atoms with Gasteiger partial charge in [-0.2, -0.15) is 0 Å². The van der Waals surface area contributed by atoms with Gasteiger partial charge in [-0.05, 0) is 49.6 Å². The van der Waals surface area contributed by atoms with Crippen LogP contribution in [0.3, 0.4) is 0 Å². The first-order valence-electron chi connectivity index (χ1n) is 10.3. The smallest absolute Gasteiger partial charge is 0.262 e. The van der Waals surface area contributed by atoms with Crippen LogP contribution in [0.1, 0.15) is 25.7 Å². The first-order chi connectivity index (χ1) is 14.2. The van der Waals surface area contributed by atoms with Crippen LogP contribution < -0.4 is 20.7 Å². The molecule has 160 valence electrons. The summed E-state index contributed by atoms with van der Waals surface area (Å²) in [6.45, 7) is 1.58. The molecule has 2 aromatic carbocycles. The lowest BCUT2D eigenvalue weighted by Gasteiger charge is -2.37. The Labute approximate surface area is 183 Å². The van der Waals surface area contributed by atoms with E-state index in [0.29, 0.717) is 17.4 Å². The fourth-order valence-corrected chi connectivity index (χ4v) is 4.48. The standard InChI is InChI=1S/C23H27N3O3.ClH/c27-21(25-18-8-2-1-3-9-18)15-29-20-11-6-10-19(13-20)26-22(28)23-12-5-4-7-17(23)14-24-16-23;/h1-3,6,8-11,13,17,24H,4-5,7,12,14-16H2,(H,25,27)(H,26,28);1H/t17-,23+;/m0./s1. The maximum Gasteiger partial charge on any atom is 0.262 e. The molecule has 7 heteroatoms. The molecule has 6 nitrogen and oxygen atoms in total. The fourth-order valence-electron chi connectivity index (χ4n) is 4.48. The molecule has 2 aromatic rings. The highest BCUT2D eigenvalue weighted by molar-refractivity contribution is 5.96. The van der Waals surface area contributed by atoms with Crippen molar-refractivity contribution in [2.75, 3.05) is 30.3 Å². The van der Waals surface area contributed by atoms with Gasteiger partial charge < -0.3 is 20.7 Å².